The fourth-order valence-corrected chi connectivity index (χ4v) is 5.01. The Kier molecular flexibility index (Phi) is 5.89. The molecule has 0 aliphatic rings. The normalized spacial score (nSPS) is 11.4. The van der Waals surface area contributed by atoms with Gasteiger partial charge in [-0.25, -0.2) is 0 Å². The number of rotatable bonds is 8. The van der Waals surface area contributed by atoms with Gasteiger partial charge in [0, 0.05) is 9.75 Å². The smallest absolute Gasteiger partial charge is 0.0351 e. The largest absolute Gasteiger partial charge is 0.140 e. The van der Waals surface area contributed by atoms with Crippen molar-refractivity contribution in [3.8, 4) is 10.4 Å². The first kappa shape index (κ1) is 18.3. The lowest BCUT2D eigenvalue weighted by atomic mass is 9.99. The van der Waals surface area contributed by atoms with Crippen LogP contribution in [0.15, 0.2) is 66.7 Å². The molecule has 27 heavy (non-hydrogen) atoms. The summed E-state index contributed by atoms with van der Waals surface area (Å²) in [7, 11) is 0. The molecular formula is C26H28S. The first-order valence-corrected chi connectivity index (χ1v) is 11.2. The van der Waals surface area contributed by atoms with Gasteiger partial charge in [0.15, 0.2) is 0 Å². The molecule has 0 aliphatic carbocycles. The fraction of sp³-hybridized carbons (Fsp3) is 0.308. The maximum Gasteiger partial charge on any atom is 0.0351 e. The van der Waals surface area contributed by atoms with Crippen molar-refractivity contribution in [3.63, 3.8) is 0 Å². The summed E-state index contributed by atoms with van der Waals surface area (Å²) in [5, 5.41) is 5.33. The number of benzene rings is 3. The van der Waals surface area contributed by atoms with E-state index in [0.717, 1.165) is 0 Å². The van der Waals surface area contributed by atoms with Gasteiger partial charge in [0.05, 0.1) is 0 Å². The fourth-order valence-electron chi connectivity index (χ4n) is 3.92. The molecule has 0 fully saturated rings. The van der Waals surface area contributed by atoms with E-state index in [1.165, 1.54) is 81.8 Å². The van der Waals surface area contributed by atoms with Crippen LogP contribution in [0, 0.1) is 0 Å². The quantitative estimate of drug-likeness (QED) is 0.214. The van der Waals surface area contributed by atoms with Crippen LogP contribution in [0.5, 0.6) is 0 Å². The second kappa shape index (κ2) is 8.71. The van der Waals surface area contributed by atoms with E-state index < -0.39 is 0 Å². The van der Waals surface area contributed by atoms with Gasteiger partial charge in [-0.05, 0) is 64.2 Å². The molecule has 0 radical (unpaired) electrons. The van der Waals surface area contributed by atoms with Gasteiger partial charge in [0.25, 0.3) is 0 Å². The van der Waals surface area contributed by atoms with Crippen molar-refractivity contribution < 1.29 is 0 Å². The molecule has 4 rings (SSSR count). The molecule has 0 atom stereocenters. The topological polar surface area (TPSA) is 0 Å². The zero-order valence-electron chi connectivity index (χ0n) is 16.2. The van der Waals surface area contributed by atoms with Crippen LogP contribution in [0.25, 0.3) is 32.0 Å². The molecule has 0 spiro atoms. The minimum atomic E-state index is 1.23. The zero-order valence-corrected chi connectivity index (χ0v) is 17.0. The van der Waals surface area contributed by atoms with Crippen LogP contribution >= 0.6 is 11.3 Å². The lowest BCUT2D eigenvalue weighted by molar-refractivity contribution is 0.609. The average molecular weight is 373 g/mol. The Balaban J connectivity index is 1.54. The third-order valence-electron chi connectivity index (χ3n) is 5.45. The van der Waals surface area contributed by atoms with Crippen molar-refractivity contribution in [2.45, 2.75) is 51.9 Å². The summed E-state index contributed by atoms with van der Waals surface area (Å²) >= 11 is 1.97. The predicted octanol–water partition coefficient (Wildman–Crippen LogP) is 8.62. The molecule has 0 bridgehead atoms. The van der Waals surface area contributed by atoms with Crippen molar-refractivity contribution >= 4 is 32.9 Å². The highest BCUT2D eigenvalue weighted by atomic mass is 32.1. The van der Waals surface area contributed by atoms with Crippen molar-refractivity contribution in [2.24, 2.45) is 0 Å². The Hall–Kier alpha value is -2.12. The number of hydrogen-bond donors (Lipinski definition) is 0. The van der Waals surface area contributed by atoms with Gasteiger partial charge in [0.1, 0.15) is 0 Å². The summed E-state index contributed by atoms with van der Waals surface area (Å²) in [5.74, 6) is 0. The lowest BCUT2D eigenvalue weighted by Gasteiger charge is -2.07. The molecule has 0 nitrogen and oxygen atoms in total. The first-order chi connectivity index (χ1) is 13.3. The lowest BCUT2D eigenvalue weighted by Crippen LogP contribution is -1.82. The Labute approximate surface area is 166 Å². The van der Waals surface area contributed by atoms with Crippen molar-refractivity contribution in [2.75, 3.05) is 0 Å². The molecule has 0 saturated heterocycles. The van der Waals surface area contributed by atoms with Crippen LogP contribution in [-0.4, -0.2) is 0 Å². The van der Waals surface area contributed by atoms with E-state index in [0.29, 0.717) is 0 Å². The highest BCUT2D eigenvalue weighted by molar-refractivity contribution is 7.15. The van der Waals surface area contributed by atoms with Crippen LogP contribution in [0.3, 0.4) is 0 Å². The Morgan fingerprint density at radius 2 is 1.41 bits per heavy atom. The number of thiophene rings is 1. The van der Waals surface area contributed by atoms with E-state index in [9.17, 15) is 0 Å². The van der Waals surface area contributed by atoms with Crippen molar-refractivity contribution in [1.82, 2.24) is 0 Å². The maximum atomic E-state index is 2.35. The third kappa shape index (κ3) is 4.25. The van der Waals surface area contributed by atoms with E-state index in [1.807, 2.05) is 11.3 Å². The van der Waals surface area contributed by atoms with Gasteiger partial charge in [-0.3, -0.25) is 0 Å². The van der Waals surface area contributed by atoms with Crippen LogP contribution in [0.2, 0.25) is 0 Å². The Morgan fingerprint density at radius 1 is 0.667 bits per heavy atom. The van der Waals surface area contributed by atoms with E-state index in [-0.39, 0.29) is 0 Å². The van der Waals surface area contributed by atoms with Crippen LogP contribution in [0.4, 0.5) is 0 Å². The molecule has 138 valence electrons. The van der Waals surface area contributed by atoms with Crippen molar-refractivity contribution in [3.05, 3.63) is 71.6 Å². The number of unbranched alkanes of at least 4 members (excludes halogenated alkanes) is 5. The molecule has 4 aromatic rings. The third-order valence-corrected chi connectivity index (χ3v) is 6.63. The molecule has 1 heteroatoms. The molecule has 1 heterocycles. The van der Waals surface area contributed by atoms with Gasteiger partial charge in [-0.1, -0.05) is 81.5 Å². The SMILES string of the molecule is CCCCCCCCc1ccc(-c2cccc3cc4ccccc4cc23)s1. The molecular weight excluding hydrogens is 344 g/mol. The van der Waals surface area contributed by atoms with Crippen LogP contribution in [0.1, 0.15) is 50.3 Å². The zero-order chi connectivity index (χ0) is 18.5. The number of aryl methyl sites for hydroxylation is 1. The summed E-state index contributed by atoms with van der Waals surface area (Å²) < 4.78 is 0. The number of hydrogen-bond acceptors (Lipinski definition) is 1. The summed E-state index contributed by atoms with van der Waals surface area (Å²) in [6, 6.07) is 24.7. The molecule has 0 N–H and O–H groups in total. The van der Waals surface area contributed by atoms with Crippen LogP contribution < -0.4 is 0 Å². The van der Waals surface area contributed by atoms with E-state index >= 15 is 0 Å². The summed E-state index contributed by atoms with van der Waals surface area (Å²) in [4.78, 5) is 2.93. The van der Waals surface area contributed by atoms with Gasteiger partial charge in [0.2, 0.25) is 0 Å². The second-order valence-corrected chi connectivity index (χ2v) is 8.68. The van der Waals surface area contributed by atoms with E-state index in [1.54, 1.807) is 0 Å². The first-order valence-electron chi connectivity index (χ1n) is 10.4. The Bertz CT molecular complexity index is 1020. The number of fused-ring (bicyclic) bond motifs is 2. The molecule has 0 amide bonds. The average Bonchev–Trinajstić information content (AvgIpc) is 3.17. The van der Waals surface area contributed by atoms with Gasteiger partial charge in [-0.2, -0.15) is 0 Å². The summed E-state index contributed by atoms with van der Waals surface area (Å²) in [6.07, 6.45) is 9.42. The van der Waals surface area contributed by atoms with E-state index in [4.69, 9.17) is 0 Å². The van der Waals surface area contributed by atoms with Gasteiger partial charge < -0.3 is 0 Å². The molecule has 0 aliphatic heterocycles. The summed E-state index contributed by atoms with van der Waals surface area (Å²) in [5.41, 5.74) is 1.37. The predicted molar refractivity (Wildman–Crippen MR) is 122 cm³/mol. The van der Waals surface area contributed by atoms with Gasteiger partial charge in [-0.15, -0.1) is 11.3 Å². The maximum absolute atomic E-state index is 2.35. The summed E-state index contributed by atoms with van der Waals surface area (Å²) in [6.45, 7) is 2.28. The Morgan fingerprint density at radius 3 is 2.26 bits per heavy atom. The van der Waals surface area contributed by atoms with Gasteiger partial charge >= 0.3 is 0 Å². The highest BCUT2D eigenvalue weighted by Gasteiger charge is 2.08. The molecule has 0 saturated carbocycles. The van der Waals surface area contributed by atoms with Crippen molar-refractivity contribution in [1.29, 1.82) is 0 Å². The minimum absolute atomic E-state index is 1.23. The van der Waals surface area contributed by atoms with E-state index in [2.05, 4.69) is 73.7 Å². The second-order valence-electron chi connectivity index (χ2n) is 7.51. The highest BCUT2D eigenvalue weighted by Crippen LogP contribution is 2.36. The standard InChI is InChI=1S/C26H28S/c1-2-3-4-5-6-7-14-23-16-17-26(27-23)24-15-10-13-22-18-20-11-8-9-12-21(20)19-25(22)24/h8-13,15-19H,2-7,14H2,1H3. The minimum Gasteiger partial charge on any atom is -0.140 e. The molecule has 3 aromatic carbocycles. The molecule has 0 unspecified atom stereocenters. The monoisotopic (exact) mass is 372 g/mol. The molecule has 1 aromatic heterocycles. The van der Waals surface area contributed by atoms with Crippen LogP contribution in [-0.2, 0) is 6.42 Å².